The van der Waals surface area contributed by atoms with Gasteiger partial charge in [0.05, 0.1) is 14.2 Å². The summed E-state index contributed by atoms with van der Waals surface area (Å²) in [4.78, 5) is 0.127. The van der Waals surface area contributed by atoms with Gasteiger partial charge in [-0.1, -0.05) is 13.8 Å². The van der Waals surface area contributed by atoms with Crippen LogP contribution >= 0.6 is 15.9 Å². The maximum Gasteiger partial charge on any atom is 0.242 e. The Balaban J connectivity index is 3.25. The van der Waals surface area contributed by atoms with Gasteiger partial charge in [-0.05, 0) is 34.8 Å². The van der Waals surface area contributed by atoms with Crippen molar-refractivity contribution in [2.24, 2.45) is 5.92 Å². The quantitative estimate of drug-likeness (QED) is 0.841. The first kappa shape index (κ1) is 17.3. The topological polar surface area (TPSA) is 64.6 Å². The lowest BCUT2D eigenvalue weighted by atomic mass is 10.1. The summed E-state index contributed by atoms with van der Waals surface area (Å²) in [5.74, 6) is 1.03. The molecule has 0 aliphatic heterocycles. The predicted octanol–water partition coefficient (Wildman–Crippen LogP) is 2.79. The van der Waals surface area contributed by atoms with Crippen molar-refractivity contribution in [3.05, 3.63) is 16.6 Å². The third-order valence-corrected chi connectivity index (χ3v) is 5.59. The molecule has 7 heteroatoms. The number of hydrogen-bond acceptors (Lipinski definition) is 4. The molecule has 0 aliphatic rings. The summed E-state index contributed by atoms with van der Waals surface area (Å²) < 4.78 is 38.1. The molecule has 0 saturated heterocycles. The van der Waals surface area contributed by atoms with E-state index in [0.717, 1.165) is 0 Å². The van der Waals surface area contributed by atoms with Gasteiger partial charge in [-0.25, -0.2) is 13.1 Å². The van der Waals surface area contributed by atoms with Crippen molar-refractivity contribution in [2.45, 2.75) is 31.7 Å². The summed E-state index contributed by atoms with van der Waals surface area (Å²) in [7, 11) is -0.663. The molecule has 1 rings (SSSR count). The molecule has 1 unspecified atom stereocenters. The number of methoxy groups -OCH3 is 2. The Labute approximate surface area is 128 Å². The van der Waals surface area contributed by atoms with E-state index in [1.54, 1.807) is 6.07 Å². The highest BCUT2D eigenvalue weighted by atomic mass is 79.9. The summed E-state index contributed by atoms with van der Waals surface area (Å²) in [6, 6.07) is 2.85. The van der Waals surface area contributed by atoms with E-state index in [9.17, 15) is 8.42 Å². The first-order valence-electron chi connectivity index (χ1n) is 6.16. The average molecular weight is 366 g/mol. The molecule has 0 radical (unpaired) electrons. The van der Waals surface area contributed by atoms with Crippen LogP contribution in [0.25, 0.3) is 0 Å². The predicted molar refractivity (Wildman–Crippen MR) is 81.9 cm³/mol. The maximum absolute atomic E-state index is 12.4. The molecule has 0 aromatic heterocycles. The minimum absolute atomic E-state index is 0.127. The highest BCUT2D eigenvalue weighted by Gasteiger charge is 2.24. The minimum atomic E-state index is -3.63. The smallest absolute Gasteiger partial charge is 0.242 e. The molecule has 114 valence electrons. The van der Waals surface area contributed by atoms with Gasteiger partial charge in [0, 0.05) is 16.6 Å². The Morgan fingerprint density at radius 1 is 1.10 bits per heavy atom. The fourth-order valence-corrected chi connectivity index (χ4v) is 3.91. The van der Waals surface area contributed by atoms with Crippen LogP contribution in [0, 0.1) is 5.92 Å². The van der Waals surface area contributed by atoms with Crippen LogP contribution in [0.4, 0.5) is 0 Å². The summed E-state index contributed by atoms with van der Waals surface area (Å²) >= 11 is 3.26. The van der Waals surface area contributed by atoms with Crippen LogP contribution in [0.1, 0.15) is 20.8 Å². The number of halogens is 1. The van der Waals surface area contributed by atoms with Crippen molar-refractivity contribution in [1.82, 2.24) is 4.72 Å². The van der Waals surface area contributed by atoms with Crippen molar-refractivity contribution in [3.63, 3.8) is 0 Å². The molecule has 0 fully saturated rings. The molecule has 1 aromatic carbocycles. The molecular formula is C13H20BrNO4S. The zero-order valence-electron chi connectivity index (χ0n) is 12.2. The monoisotopic (exact) mass is 365 g/mol. The van der Waals surface area contributed by atoms with E-state index in [2.05, 4.69) is 20.7 Å². The lowest BCUT2D eigenvalue weighted by Crippen LogP contribution is -2.36. The third-order valence-electron chi connectivity index (χ3n) is 3.07. The van der Waals surface area contributed by atoms with Crippen LogP contribution in [0.3, 0.4) is 0 Å². The molecule has 5 nitrogen and oxygen atoms in total. The zero-order valence-corrected chi connectivity index (χ0v) is 14.6. The van der Waals surface area contributed by atoms with Crippen LogP contribution < -0.4 is 14.2 Å². The van der Waals surface area contributed by atoms with Crippen molar-refractivity contribution in [1.29, 1.82) is 0 Å². The molecular weight excluding hydrogens is 346 g/mol. The van der Waals surface area contributed by atoms with E-state index < -0.39 is 10.0 Å². The Bertz CT molecular complexity index is 572. The van der Waals surface area contributed by atoms with Crippen LogP contribution in [-0.4, -0.2) is 28.7 Å². The third kappa shape index (κ3) is 3.86. The van der Waals surface area contributed by atoms with Crippen molar-refractivity contribution in [2.75, 3.05) is 14.2 Å². The molecule has 1 atom stereocenters. The number of hydrogen-bond donors (Lipinski definition) is 1. The summed E-state index contributed by atoms with van der Waals surface area (Å²) in [6.45, 7) is 5.74. The second-order valence-electron chi connectivity index (χ2n) is 4.79. The molecule has 0 saturated carbocycles. The molecule has 0 spiro atoms. The number of nitrogens with one attached hydrogen (secondary N) is 1. The lowest BCUT2D eigenvalue weighted by molar-refractivity contribution is 0.353. The lowest BCUT2D eigenvalue weighted by Gasteiger charge is -2.19. The van der Waals surface area contributed by atoms with Crippen LogP contribution in [0.5, 0.6) is 11.5 Å². The second-order valence-corrected chi connectivity index (χ2v) is 7.33. The van der Waals surface area contributed by atoms with Crippen LogP contribution in [0.2, 0.25) is 0 Å². The molecule has 0 heterocycles. The summed E-state index contributed by atoms with van der Waals surface area (Å²) in [6.07, 6.45) is 0. The van der Waals surface area contributed by atoms with E-state index in [4.69, 9.17) is 9.47 Å². The Hall–Kier alpha value is -0.790. The minimum Gasteiger partial charge on any atom is -0.493 e. The van der Waals surface area contributed by atoms with Gasteiger partial charge in [-0.3, -0.25) is 0 Å². The molecule has 0 amide bonds. The fraction of sp³-hybridized carbons (Fsp3) is 0.538. The van der Waals surface area contributed by atoms with E-state index in [0.29, 0.717) is 16.0 Å². The summed E-state index contributed by atoms with van der Waals surface area (Å²) in [5.41, 5.74) is 0. The number of ether oxygens (including phenoxy) is 2. The Morgan fingerprint density at radius 2 is 1.60 bits per heavy atom. The number of benzene rings is 1. The molecule has 20 heavy (non-hydrogen) atoms. The number of sulfonamides is 1. The van der Waals surface area contributed by atoms with E-state index in [-0.39, 0.29) is 16.9 Å². The normalized spacial score (nSPS) is 13.3. The van der Waals surface area contributed by atoms with Gasteiger partial charge in [0.15, 0.2) is 11.5 Å². The SMILES string of the molecule is COc1cc(Br)c(S(=O)(=O)NC(C)C(C)C)cc1OC. The highest BCUT2D eigenvalue weighted by Crippen LogP contribution is 2.35. The largest absolute Gasteiger partial charge is 0.493 e. The Kier molecular flexibility index (Phi) is 5.85. The van der Waals surface area contributed by atoms with Crippen molar-refractivity contribution >= 4 is 26.0 Å². The Morgan fingerprint density at radius 3 is 2.05 bits per heavy atom. The van der Waals surface area contributed by atoms with Gasteiger partial charge in [0.1, 0.15) is 4.90 Å². The average Bonchev–Trinajstić information content (AvgIpc) is 2.37. The maximum atomic E-state index is 12.4. The first-order chi connectivity index (χ1) is 9.22. The first-order valence-corrected chi connectivity index (χ1v) is 8.44. The standard InChI is InChI=1S/C13H20BrNO4S/c1-8(2)9(3)15-20(16,17)13-7-12(19-5)11(18-4)6-10(13)14/h6-9,15H,1-5H3. The summed E-state index contributed by atoms with van der Waals surface area (Å²) in [5, 5.41) is 0. The van der Waals surface area contributed by atoms with Gasteiger partial charge >= 0.3 is 0 Å². The van der Waals surface area contributed by atoms with E-state index >= 15 is 0 Å². The van der Waals surface area contributed by atoms with Gasteiger partial charge < -0.3 is 9.47 Å². The van der Waals surface area contributed by atoms with Crippen molar-refractivity contribution in [3.8, 4) is 11.5 Å². The molecule has 0 bridgehead atoms. The van der Waals surface area contributed by atoms with Crippen LogP contribution in [-0.2, 0) is 10.0 Å². The highest BCUT2D eigenvalue weighted by molar-refractivity contribution is 9.10. The zero-order chi connectivity index (χ0) is 15.5. The second kappa shape index (κ2) is 6.78. The van der Waals surface area contributed by atoms with Gasteiger partial charge in [0.25, 0.3) is 0 Å². The van der Waals surface area contributed by atoms with Crippen LogP contribution in [0.15, 0.2) is 21.5 Å². The van der Waals surface area contributed by atoms with E-state index in [1.165, 1.54) is 20.3 Å². The van der Waals surface area contributed by atoms with Gasteiger partial charge in [-0.15, -0.1) is 0 Å². The van der Waals surface area contributed by atoms with Gasteiger partial charge in [0.2, 0.25) is 10.0 Å². The van der Waals surface area contributed by atoms with Crippen molar-refractivity contribution < 1.29 is 17.9 Å². The molecule has 0 aliphatic carbocycles. The number of rotatable bonds is 6. The molecule has 1 aromatic rings. The fourth-order valence-electron chi connectivity index (χ4n) is 1.49. The van der Waals surface area contributed by atoms with Gasteiger partial charge in [-0.2, -0.15) is 0 Å². The molecule has 1 N–H and O–H groups in total. The van der Waals surface area contributed by atoms with E-state index in [1.807, 2.05) is 20.8 Å².